The molecule has 0 radical (unpaired) electrons. The number of aryl methyl sites for hydroxylation is 1. The molecule has 0 saturated carbocycles. The maximum atomic E-state index is 6.14. The van der Waals surface area contributed by atoms with Crippen LogP contribution in [0.15, 0.2) is 36.9 Å². The van der Waals surface area contributed by atoms with E-state index >= 15 is 0 Å². The number of pyridine rings is 1. The van der Waals surface area contributed by atoms with Crippen molar-refractivity contribution in [2.45, 2.75) is 38.1 Å². The monoisotopic (exact) mass is 341 g/mol. The number of morpholine rings is 1. The summed E-state index contributed by atoms with van der Waals surface area (Å²) in [6.07, 6.45) is 10.3. The highest BCUT2D eigenvalue weighted by Crippen LogP contribution is 2.25. The molecule has 2 fully saturated rings. The molecule has 2 saturated heterocycles. The molecular weight excluding hydrogens is 314 g/mol. The van der Waals surface area contributed by atoms with Crippen LogP contribution in [-0.2, 0) is 24.9 Å². The van der Waals surface area contributed by atoms with E-state index in [0.717, 1.165) is 58.0 Å². The van der Waals surface area contributed by atoms with Crippen LogP contribution in [-0.4, -0.2) is 62.7 Å². The molecule has 2 aliphatic heterocycles. The Kier molecular flexibility index (Phi) is 5.10. The van der Waals surface area contributed by atoms with Crippen LogP contribution in [0.3, 0.4) is 0 Å². The zero-order valence-electron chi connectivity index (χ0n) is 14.9. The molecule has 0 aromatic carbocycles. The number of ether oxygens (including phenoxy) is 1. The van der Waals surface area contributed by atoms with Crippen molar-refractivity contribution in [2.75, 3.05) is 26.2 Å². The van der Waals surface area contributed by atoms with E-state index < -0.39 is 0 Å². The Balaban J connectivity index is 1.41. The number of hydrogen-bond acceptors (Lipinski definition) is 5. The van der Waals surface area contributed by atoms with E-state index in [1.807, 2.05) is 24.8 Å². The van der Waals surface area contributed by atoms with Gasteiger partial charge in [0, 0.05) is 64.1 Å². The van der Waals surface area contributed by atoms with Crippen LogP contribution in [0.5, 0.6) is 0 Å². The third kappa shape index (κ3) is 3.92. The summed E-state index contributed by atoms with van der Waals surface area (Å²) in [5.41, 5.74) is 1.34. The number of nitrogens with zero attached hydrogens (tertiary/aromatic N) is 5. The largest absolute Gasteiger partial charge is 0.375 e. The number of likely N-dealkylation sites (tertiary alicyclic amines) is 1. The third-order valence-corrected chi connectivity index (χ3v) is 5.50. The molecule has 0 spiro atoms. The maximum Gasteiger partial charge on any atom is 0.122 e. The van der Waals surface area contributed by atoms with Crippen molar-refractivity contribution in [1.82, 2.24) is 24.3 Å². The predicted octanol–water partition coefficient (Wildman–Crippen LogP) is 1.68. The summed E-state index contributed by atoms with van der Waals surface area (Å²) in [5.74, 6) is 1.14. The number of hydrogen-bond donors (Lipinski definition) is 0. The second-order valence-electron chi connectivity index (χ2n) is 7.11. The van der Waals surface area contributed by atoms with E-state index in [1.54, 1.807) is 0 Å². The molecule has 0 N–H and O–H groups in total. The van der Waals surface area contributed by atoms with Gasteiger partial charge in [-0.25, -0.2) is 4.98 Å². The van der Waals surface area contributed by atoms with Gasteiger partial charge in [-0.3, -0.25) is 14.8 Å². The van der Waals surface area contributed by atoms with Gasteiger partial charge in [0.1, 0.15) is 5.82 Å². The van der Waals surface area contributed by atoms with Crippen LogP contribution in [0, 0.1) is 0 Å². The molecule has 0 aliphatic carbocycles. The van der Waals surface area contributed by atoms with E-state index in [9.17, 15) is 0 Å². The van der Waals surface area contributed by atoms with Crippen molar-refractivity contribution in [3.63, 3.8) is 0 Å². The highest BCUT2D eigenvalue weighted by Gasteiger charge is 2.34. The maximum absolute atomic E-state index is 6.14. The smallest absolute Gasteiger partial charge is 0.122 e. The van der Waals surface area contributed by atoms with Crippen LogP contribution in [0.4, 0.5) is 0 Å². The fraction of sp³-hybridized carbons (Fsp3) is 0.579. The van der Waals surface area contributed by atoms with E-state index in [1.165, 1.54) is 5.56 Å². The second-order valence-corrected chi connectivity index (χ2v) is 7.11. The fourth-order valence-electron chi connectivity index (χ4n) is 4.04. The molecule has 2 unspecified atom stereocenters. The third-order valence-electron chi connectivity index (χ3n) is 5.50. The Morgan fingerprint density at radius 1 is 1.08 bits per heavy atom. The Labute approximate surface area is 149 Å². The average Bonchev–Trinajstić information content (AvgIpc) is 2.91. The minimum atomic E-state index is 0.349. The quantitative estimate of drug-likeness (QED) is 0.847. The summed E-state index contributed by atoms with van der Waals surface area (Å²) in [7, 11) is 2.07. The van der Waals surface area contributed by atoms with Crippen LogP contribution in [0.2, 0.25) is 0 Å². The van der Waals surface area contributed by atoms with Crippen molar-refractivity contribution in [3.8, 4) is 0 Å². The fourth-order valence-corrected chi connectivity index (χ4v) is 4.04. The van der Waals surface area contributed by atoms with Crippen molar-refractivity contribution in [3.05, 3.63) is 48.3 Å². The van der Waals surface area contributed by atoms with Gasteiger partial charge in [0.05, 0.1) is 19.3 Å². The van der Waals surface area contributed by atoms with Crippen molar-refractivity contribution in [2.24, 2.45) is 7.05 Å². The zero-order chi connectivity index (χ0) is 17.1. The molecule has 2 aromatic heterocycles. The average molecular weight is 341 g/mol. The molecule has 2 aliphatic rings. The molecule has 0 bridgehead atoms. The Hall–Kier alpha value is -1.76. The molecule has 0 amide bonds. The zero-order valence-corrected chi connectivity index (χ0v) is 14.9. The first-order chi connectivity index (χ1) is 12.3. The lowest BCUT2D eigenvalue weighted by molar-refractivity contribution is -0.0747. The summed E-state index contributed by atoms with van der Waals surface area (Å²) in [6, 6.07) is 4.75. The topological polar surface area (TPSA) is 46.4 Å². The Bertz CT molecular complexity index is 673. The van der Waals surface area contributed by atoms with Crippen molar-refractivity contribution < 1.29 is 4.74 Å². The van der Waals surface area contributed by atoms with Crippen LogP contribution in [0.25, 0.3) is 0 Å². The predicted molar refractivity (Wildman–Crippen MR) is 95.9 cm³/mol. The molecule has 6 nitrogen and oxygen atoms in total. The van der Waals surface area contributed by atoms with E-state index in [0.29, 0.717) is 12.1 Å². The lowest BCUT2D eigenvalue weighted by atomic mass is 10.0. The summed E-state index contributed by atoms with van der Waals surface area (Å²) in [4.78, 5) is 13.7. The van der Waals surface area contributed by atoms with E-state index in [2.05, 4.69) is 43.5 Å². The first-order valence-electron chi connectivity index (χ1n) is 9.23. The number of rotatable bonds is 4. The molecule has 4 rings (SSSR count). The molecule has 6 heteroatoms. The first-order valence-corrected chi connectivity index (χ1v) is 9.23. The number of aromatic nitrogens is 3. The van der Waals surface area contributed by atoms with Gasteiger partial charge in [-0.1, -0.05) is 0 Å². The van der Waals surface area contributed by atoms with Crippen LogP contribution in [0.1, 0.15) is 24.2 Å². The molecule has 134 valence electrons. The van der Waals surface area contributed by atoms with E-state index in [4.69, 9.17) is 4.74 Å². The van der Waals surface area contributed by atoms with Gasteiger partial charge in [0.15, 0.2) is 0 Å². The molecule has 2 aromatic rings. The first kappa shape index (κ1) is 16.7. The van der Waals surface area contributed by atoms with Crippen molar-refractivity contribution in [1.29, 1.82) is 0 Å². The second kappa shape index (κ2) is 7.64. The van der Waals surface area contributed by atoms with Gasteiger partial charge < -0.3 is 9.30 Å². The van der Waals surface area contributed by atoms with Gasteiger partial charge in [0.25, 0.3) is 0 Å². The standard InChI is InChI=1S/C19H27N5O/c1-22-11-8-21-19(22)15-23-9-4-17-18(5-10-23)25-13-12-24(17)14-16-2-6-20-7-3-16/h2-3,6-8,11,17-18H,4-5,9-10,12-15H2,1H3. The van der Waals surface area contributed by atoms with Gasteiger partial charge in [0.2, 0.25) is 0 Å². The summed E-state index contributed by atoms with van der Waals surface area (Å²) < 4.78 is 8.25. The molecular formula is C19H27N5O. The van der Waals surface area contributed by atoms with Gasteiger partial charge in [-0.2, -0.15) is 0 Å². The van der Waals surface area contributed by atoms with Crippen molar-refractivity contribution >= 4 is 0 Å². The summed E-state index contributed by atoms with van der Waals surface area (Å²) in [6.45, 7) is 5.95. The lowest BCUT2D eigenvalue weighted by Crippen LogP contribution is -2.50. The number of fused-ring (bicyclic) bond motifs is 1. The normalized spacial score (nSPS) is 25.5. The number of imidazole rings is 1. The minimum absolute atomic E-state index is 0.349. The van der Waals surface area contributed by atoms with E-state index in [-0.39, 0.29) is 0 Å². The molecule has 25 heavy (non-hydrogen) atoms. The minimum Gasteiger partial charge on any atom is -0.375 e. The lowest BCUT2D eigenvalue weighted by Gasteiger charge is -2.40. The SMILES string of the molecule is Cn1ccnc1CN1CCC2OCCN(Cc3ccncc3)C2CC1. The van der Waals surface area contributed by atoms with Crippen LogP contribution < -0.4 is 0 Å². The van der Waals surface area contributed by atoms with Gasteiger partial charge in [-0.15, -0.1) is 0 Å². The Morgan fingerprint density at radius 2 is 1.92 bits per heavy atom. The van der Waals surface area contributed by atoms with Gasteiger partial charge >= 0.3 is 0 Å². The summed E-state index contributed by atoms with van der Waals surface area (Å²) in [5, 5.41) is 0. The molecule has 2 atom stereocenters. The van der Waals surface area contributed by atoms with Crippen LogP contribution >= 0.6 is 0 Å². The highest BCUT2D eigenvalue weighted by atomic mass is 16.5. The molecule has 4 heterocycles. The van der Waals surface area contributed by atoms with Gasteiger partial charge in [-0.05, 0) is 30.5 Å². The highest BCUT2D eigenvalue weighted by molar-refractivity contribution is 5.10. The Morgan fingerprint density at radius 3 is 2.72 bits per heavy atom. The summed E-state index contributed by atoms with van der Waals surface area (Å²) >= 11 is 0.